The number of nitrogens with zero attached hydrogens (tertiary/aromatic N) is 3. The summed E-state index contributed by atoms with van der Waals surface area (Å²) in [5.41, 5.74) is 1.01. The molecule has 0 radical (unpaired) electrons. The highest BCUT2D eigenvalue weighted by Crippen LogP contribution is 2.31. The van der Waals surface area contributed by atoms with Gasteiger partial charge in [-0.3, -0.25) is 0 Å². The Kier molecular flexibility index (Phi) is 4.70. The Labute approximate surface area is 127 Å². The van der Waals surface area contributed by atoms with Gasteiger partial charge in [-0.15, -0.1) is 5.10 Å². The molecule has 1 saturated carbocycles. The van der Waals surface area contributed by atoms with Gasteiger partial charge in [-0.25, -0.2) is 0 Å². The number of fused-ring (bicyclic) bond motifs is 1. The summed E-state index contributed by atoms with van der Waals surface area (Å²) in [6.45, 7) is 7.95. The Balaban J connectivity index is 1.61. The van der Waals surface area contributed by atoms with Crippen LogP contribution < -0.4 is 10.2 Å². The molecule has 2 unspecified atom stereocenters. The molecule has 21 heavy (non-hydrogen) atoms. The monoisotopic (exact) mass is 290 g/mol. The zero-order valence-electron chi connectivity index (χ0n) is 13.1. The fraction of sp³-hybridized carbons (Fsp3) is 0.750. The third-order valence-electron chi connectivity index (χ3n) is 4.34. The van der Waals surface area contributed by atoms with Gasteiger partial charge >= 0.3 is 0 Å². The fourth-order valence-electron chi connectivity index (χ4n) is 3.30. The van der Waals surface area contributed by atoms with E-state index >= 15 is 0 Å². The Hall–Kier alpha value is -1.20. The van der Waals surface area contributed by atoms with Gasteiger partial charge < -0.3 is 15.0 Å². The van der Waals surface area contributed by atoms with Crippen molar-refractivity contribution in [3.63, 3.8) is 0 Å². The van der Waals surface area contributed by atoms with Crippen LogP contribution >= 0.6 is 0 Å². The molecule has 1 aromatic heterocycles. The van der Waals surface area contributed by atoms with Crippen molar-refractivity contribution in [3.8, 4) is 0 Å². The van der Waals surface area contributed by atoms with E-state index < -0.39 is 0 Å². The van der Waals surface area contributed by atoms with E-state index in [1.807, 2.05) is 0 Å². The van der Waals surface area contributed by atoms with Crippen LogP contribution in [0.4, 0.5) is 5.82 Å². The smallest absolute Gasteiger partial charge is 0.151 e. The molecule has 1 aromatic rings. The van der Waals surface area contributed by atoms with Crippen LogP contribution in [-0.2, 0) is 11.3 Å². The van der Waals surface area contributed by atoms with Crippen LogP contribution in [0.5, 0.6) is 0 Å². The highest BCUT2D eigenvalue weighted by atomic mass is 16.5. The third kappa shape index (κ3) is 3.52. The second-order valence-electron chi connectivity index (χ2n) is 6.51. The second-order valence-corrected chi connectivity index (χ2v) is 6.51. The number of ether oxygens (including phenoxy) is 1. The number of anilines is 1. The molecule has 3 rings (SSSR count). The summed E-state index contributed by atoms with van der Waals surface area (Å²) >= 11 is 0. The lowest BCUT2D eigenvalue weighted by atomic mass is 10.1. The summed E-state index contributed by atoms with van der Waals surface area (Å²) in [7, 11) is 0. The number of aromatic nitrogens is 2. The van der Waals surface area contributed by atoms with E-state index in [-0.39, 0.29) is 0 Å². The van der Waals surface area contributed by atoms with E-state index in [9.17, 15) is 0 Å². The number of nitrogens with one attached hydrogen (secondary N) is 1. The van der Waals surface area contributed by atoms with Gasteiger partial charge in [-0.05, 0) is 43.9 Å². The largest absolute Gasteiger partial charge is 0.374 e. The van der Waals surface area contributed by atoms with E-state index in [1.54, 1.807) is 0 Å². The normalized spacial score (nSPS) is 25.4. The number of hydrogen-bond donors (Lipinski definition) is 1. The lowest BCUT2D eigenvalue weighted by Gasteiger charge is -2.38. The first-order valence-corrected chi connectivity index (χ1v) is 8.15. The standard InChI is InChI=1S/C16H26N4O/c1-12(2)10-17-11-13-6-7-16(19-18-13)20-8-9-21-15-5-3-4-14(15)20/h6-7,12,14-15,17H,3-5,8-11H2,1-2H3. The van der Waals surface area contributed by atoms with Crippen molar-refractivity contribution in [2.24, 2.45) is 5.92 Å². The number of morpholine rings is 1. The van der Waals surface area contributed by atoms with Gasteiger partial charge in [0.05, 0.1) is 24.4 Å². The van der Waals surface area contributed by atoms with E-state index in [0.717, 1.165) is 37.8 Å². The molecule has 1 aliphatic carbocycles. The van der Waals surface area contributed by atoms with Crippen molar-refractivity contribution >= 4 is 5.82 Å². The molecule has 0 aromatic carbocycles. The van der Waals surface area contributed by atoms with Crippen molar-refractivity contribution in [2.75, 3.05) is 24.6 Å². The first-order chi connectivity index (χ1) is 10.2. The highest BCUT2D eigenvalue weighted by molar-refractivity contribution is 5.40. The highest BCUT2D eigenvalue weighted by Gasteiger charge is 2.36. The molecular weight excluding hydrogens is 264 g/mol. The Morgan fingerprint density at radius 3 is 3.00 bits per heavy atom. The summed E-state index contributed by atoms with van der Waals surface area (Å²) in [6, 6.07) is 4.70. The molecule has 116 valence electrons. The predicted octanol–water partition coefficient (Wildman–Crippen LogP) is 1.98. The minimum Gasteiger partial charge on any atom is -0.374 e. The first kappa shape index (κ1) is 14.7. The zero-order valence-corrected chi connectivity index (χ0v) is 13.1. The molecule has 1 aliphatic heterocycles. The maximum absolute atomic E-state index is 5.85. The molecule has 5 nitrogen and oxygen atoms in total. The minimum atomic E-state index is 0.396. The maximum atomic E-state index is 5.85. The van der Waals surface area contributed by atoms with Crippen LogP contribution in [0, 0.1) is 5.92 Å². The Morgan fingerprint density at radius 1 is 1.33 bits per heavy atom. The number of hydrogen-bond acceptors (Lipinski definition) is 5. The summed E-state index contributed by atoms with van der Waals surface area (Å²) < 4.78 is 5.85. The second kappa shape index (κ2) is 6.71. The van der Waals surface area contributed by atoms with Crippen LogP contribution in [0.1, 0.15) is 38.8 Å². The number of rotatable bonds is 5. The molecule has 2 aliphatic rings. The molecule has 2 fully saturated rings. The van der Waals surface area contributed by atoms with Gasteiger partial charge in [0, 0.05) is 13.1 Å². The quantitative estimate of drug-likeness (QED) is 0.898. The third-order valence-corrected chi connectivity index (χ3v) is 4.34. The van der Waals surface area contributed by atoms with Crippen molar-refractivity contribution in [1.29, 1.82) is 0 Å². The van der Waals surface area contributed by atoms with Crippen molar-refractivity contribution in [3.05, 3.63) is 17.8 Å². The van der Waals surface area contributed by atoms with Crippen LogP contribution in [0.3, 0.4) is 0 Å². The van der Waals surface area contributed by atoms with Gasteiger partial charge in [0.15, 0.2) is 5.82 Å². The van der Waals surface area contributed by atoms with Crippen molar-refractivity contribution < 1.29 is 4.74 Å². The lowest BCUT2D eigenvalue weighted by molar-refractivity contribution is 0.0252. The van der Waals surface area contributed by atoms with Crippen LogP contribution in [-0.4, -0.2) is 42.0 Å². The molecule has 0 spiro atoms. The molecular formula is C16H26N4O. The summed E-state index contributed by atoms with van der Waals surface area (Å²) in [6.07, 6.45) is 4.06. The summed E-state index contributed by atoms with van der Waals surface area (Å²) in [5.74, 6) is 1.66. The van der Waals surface area contributed by atoms with Crippen molar-refractivity contribution in [1.82, 2.24) is 15.5 Å². The van der Waals surface area contributed by atoms with Gasteiger partial charge in [0.1, 0.15) is 0 Å². The van der Waals surface area contributed by atoms with E-state index in [0.29, 0.717) is 18.1 Å². The molecule has 1 saturated heterocycles. The van der Waals surface area contributed by atoms with Crippen LogP contribution in [0.25, 0.3) is 0 Å². The molecule has 2 heterocycles. The fourth-order valence-corrected chi connectivity index (χ4v) is 3.30. The van der Waals surface area contributed by atoms with E-state index in [4.69, 9.17) is 4.74 Å². The van der Waals surface area contributed by atoms with E-state index in [2.05, 4.69) is 46.4 Å². The van der Waals surface area contributed by atoms with Gasteiger partial charge in [-0.1, -0.05) is 13.8 Å². The van der Waals surface area contributed by atoms with E-state index in [1.165, 1.54) is 19.3 Å². The van der Waals surface area contributed by atoms with Gasteiger partial charge in [-0.2, -0.15) is 5.10 Å². The van der Waals surface area contributed by atoms with Crippen LogP contribution in [0.2, 0.25) is 0 Å². The first-order valence-electron chi connectivity index (χ1n) is 8.15. The van der Waals surface area contributed by atoms with Gasteiger partial charge in [0.2, 0.25) is 0 Å². The average molecular weight is 290 g/mol. The topological polar surface area (TPSA) is 50.3 Å². The average Bonchev–Trinajstić information content (AvgIpc) is 2.96. The summed E-state index contributed by atoms with van der Waals surface area (Å²) in [5, 5.41) is 12.2. The minimum absolute atomic E-state index is 0.396. The Morgan fingerprint density at radius 2 is 2.24 bits per heavy atom. The molecule has 1 N–H and O–H groups in total. The lowest BCUT2D eigenvalue weighted by Crippen LogP contribution is -2.49. The SMILES string of the molecule is CC(C)CNCc1ccc(N2CCOC3CCCC32)nn1. The maximum Gasteiger partial charge on any atom is 0.151 e. The zero-order chi connectivity index (χ0) is 14.7. The van der Waals surface area contributed by atoms with Crippen molar-refractivity contribution in [2.45, 2.75) is 51.8 Å². The molecule has 2 atom stereocenters. The molecule has 5 heteroatoms. The molecule has 0 bridgehead atoms. The predicted molar refractivity (Wildman–Crippen MR) is 83.3 cm³/mol. The van der Waals surface area contributed by atoms with Gasteiger partial charge in [0.25, 0.3) is 0 Å². The summed E-state index contributed by atoms with van der Waals surface area (Å²) in [4.78, 5) is 2.39. The Bertz CT molecular complexity index is 448. The molecule has 0 amide bonds. The van der Waals surface area contributed by atoms with Crippen LogP contribution in [0.15, 0.2) is 12.1 Å².